The van der Waals surface area contributed by atoms with Crippen LogP contribution < -0.4 is 10.1 Å². The molecule has 0 heterocycles. The Labute approximate surface area is 131 Å². The molecular formula is C15H13ClN2O4. The van der Waals surface area contributed by atoms with Crippen LogP contribution in [0.3, 0.4) is 0 Å². The van der Waals surface area contributed by atoms with Gasteiger partial charge in [0.15, 0.2) is 5.78 Å². The summed E-state index contributed by atoms with van der Waals surface area (Å²) in [5.74, 6) is 0.542. The molecule has 2 rings (SSSR count). The van der Waals surface area contributed by atoms with Crippen molar-refractivity contribution in [3.8, 4) is 5.75 Å². The standard InChI is InChI=1S/C15H13ClN2O4/c1-22-12-5-2-10(3-6-12)15(19)9-17-14-7-4-11(18(20)21)8-13(14)16/h2-8,17H,9H2,1H3. The zero-order valence-corrected chi connectivity index (χ0v) is 12.5. The third kappa shape index (κ3) is 3.73. The molecule has 2 aromatic carbocycles. The Morgan fingerprint density at radius 1 is 1.27 bits per heavy atom. The van der Waals surface area contributed by atoms with Gasteiger partial charge in [-0.25, -0.2) is 0 Å². The normalized spacial score (nSPS) is 10.1. The molecule has 0 aromatic heterocycles. The smallest absolute Gasteiger partial charge is 0.271 e. The highest BCUT2D eigenvalue weighted by Crippen LogP contribution is 2.26. The number of hydrogen-bond acceptors (Lipinski definition) is 5. The lowest BCUT2D eigenvalue weighted by atomic mass is 10.1. The highest BCUT2D eigenvalue weighted by atomic mass is 35.5. The second-order valence-electron chi connectivity index (χ2n) is 4.43. The van der Waals surface area contributed by atoms with Gasteiger partial charge < -0.3 is 10.1 Å². The lowest BCUT2D eigenvalue weighted by molar-refractivity contribution is -0.384. The molecule has 0 bridgehead atoms. The molecule has 0 aliphatic rings. The van der Waals surface area contributed by atoms with Crippen LogP contribution in [0.25, 0.3) is 0 Å². The minimum atomic E-state index is -0.530. The number of ketones is 1. The highest BCUT2D eigenvalue weighted by Gasteiger charge is 2.11. The third-order valence-electron chi connectivity index (χ3n) is 3.01. The summed E-state index contributed by atoms with van der Waals surface area (Å²) in [6.07, 6.45) is 0. The van der Waals surface area contributed by atoms with Crippen LogP contribution in [0.2, 0.25) is 5.02 Å². The van der Waals surface area contributed by atoms with Crippen LogP contribution in [0.5, 0.6) is 5.75 Å². The Hall–Kier alpha value is -2.60. The summed E-state index contributed by atoms with van der Waals surface area (Å²) in [5, 5.41) is 13.7. The number of ether oxygens (including phenoxy) is 1. The fourth-order valence-corrected chi connectivity index (χ4v) is 2.06. The van der Waals surface area contributed by atoms with E-state index in [0.717, 1.165) is 0 Å². The number of non-ortho nitro benzene ring substituents is 1. The number of halogens is 1. The number of Topliss-reactive ketones (excluding diaryl/α,β-unsaturated/α-hetero) is 1. The average Bonchev–Trinajstić information content (AvgIpc) is 2.53. The van der Waals surface area contributed by atoms with Gasteiger partial charge in [0.2, 0.25) is 0 Å². The van der Waals surface area contributed by atoms with E-state index in [1.54, 1.807) is 31.4 Å². The number of hydrogen-bond donors (Lipinski definition) is 1. The number of nitro groups is 1. The minimum Gasteiger partial charge on any atom is -0.497 e. The Morgan fingerprint density at radius 2 is 1.95 bits per heavy atom. The molecule has 2 aromatic rings. The van der Waals surface area contributed by atoms with Gasteiger partial charge in [-0.15, -0.1) is 0 Å². The molecule has 0 saturated heterocycles. The minimum absolute atomic E-state index is 0.0316. The molecular weight excluding hydrogens is 308 g/mol. The number of carbonyl (C=O) groups excluding carboxylic acids is 1. The van der Waals surface area contributed by atoms with E-state index in [-0.39, 0.29) is 23.0 Å². The lowest BCUT2D eigenvalue weighted by Crippen LogP contribution is -2.14. The Kier molecular flexibility index (Phi) is 4.95. The van der Waals surface area contributed by atoms with E-state index < -0.39 is 4.92 Å². The highest BCUT2D eigenvalue weighted by molar-refractivity contribution is 6.33. The Balaban J connectivity index is 2.02. The van der Waals surface area contributed by atoms with E-state index in [0.29, 0.717) is 17.0 Å². The van der Waals surface area contributed by atoms with Crippen molar-refractivity contribution in [2.24, 2.45) is 0 Å². The zero-order chi connectivity index (χ0) is 16.1. The number of nitro benzene ring substituents is 1. The zero-order valence-electron chi connectivity index (χ0n) is 11.7. The molecule has 114 valence electrons. The molecule has 0 fully saturated rings. The van der Waals surface area contributed by atoms with Gasteiger partial charge in [-0.05, 0) is 30.3 Å². The molecule has 22 heavy (non-hydrogen) atoms. The van der Waals surface area contributed by atoms with Crippen LogP contribution in [0.15, 0.2) is 42.5 Å². The SMILES string of the molecule is COc1ccc(C(=O)CNc2ccc([N+](=O)[O-])cc2Cl)cc1. The van der Waals surface area contributed by atoms with Gasteiger partial charge in [-0.2, -0.15) is 0 Å². The summed E-state index contributed by atoms with van der Waals surface area (Å²) in [6.45, 7) is 0.0316. The van der Waals surface area contributed by atoms with E-state index in [1.807, 2.05) is 0 Å². The van der Waals surface area contributed by atoms with Crippen LogP contribution >= 0.6 is 11.6 Å². The summed E-state index contributed by atoms with van der Waals surface area (Å²) in [6, 6.07) is 10.8. The van der Waals surface area contributed by atoms with Gasteiger partial charge in [0, 0.05) is 17.7 Å². The van der Waals surface area contributed by atoms with Crippen molar-refractivity contribution >= 4 is 28.8 Å². The monoisotopic (exact) mass is 320 g/mol. The summed E-state index contributed by atoms with van der Waals surface area (Å²) < 4.78 is 5.03. The van der Waals surface area contributed by atoms with E-state index >= 15 is 0 Å². The number of carbonyl (C=O) groups is 1. The average molecular weight is 321 g/mol. The second kappa shape index (κ2) is 6.91. The molecule has 0 aliphatic carbocycles. The molecule has 0 spiro atoms. The Morgan fingerprint density at radius 3 is 2.50 bits per heavy atom. The lowest BCUT2D eigenvalue weighted by Gasteiger charge is -2.08. The summed E-state index contributed by atoms with van der Waals surface area (Å²) >= 11 is 5.95. The maximum absolute atomic E-state index is 12.0. The van der Waals surface area contributed by atoms with E-state index in [9.17, 15) is 14.9 Å². The van der Waals surface area contributed by atoms with Crippen molar-refractivity contribution in [2.75, 3.05) is 19.0 Å². The second-order valence-corrected chi connectivity index (χ2v) is 4.83. The quantitative estimate of drug-likeness (QED) is 0.500. The molecule has 0 aliphatic heterocycles. The van der Waals surface area contributed by atoms with Crippen molar-refractivity contribution in [3.05, 3.63) is 63.2 Å². The van der Waals surface area contributed by atoms with Gasteiger partial charge in [0.25, 0.3) is 5.69 Å². The van der Waals surface area contributed by atoms with Crippen LogP contribution in [-0.2, 0) is 0 Å². The van der Waals surface area contributed by atoms with Crippen molar-refractivity contribution in [2.45, 2.75) is 0 Å². The predicted molar refractivity (Wildman–Crippen MR) is 83.9 cm³/mol. The first-order valence-electron chi connectivity index (χ1n) is 6.36. The number of benzene rings is 2. The number of rotatable bonds is 6. The molecule has 0 atom stereocenters. The molecule has 0 unspecified atom stereocenters. The number of nitrogens with zero attached hydrogens (tertiary/aromatic N) is 1. The summed E-state index contributed by atoms with van der Waals surface area (Å²) in [4.78, 5) is 22.1. The number of anilines is 1. The van der Waals surface area contributed by atoms with Gasteiger partial charge in [-0.1, -0.05) is 11.6 Å². The first kappa shape index (κ1) is 15.8. The van der Waals surface area contributed by atoms with E-state index in [2.05, 4.69) is 5.32 Å². The van der Waals surface area contributed by atoms with Gasteiger partial charge >= 0.3 is 0 Å². The van der Waals surface area contributed by atoms with Crippen molar-refractivity contribution in [1.29, 1.82) is 0 Å². The Bertz CT molecular complexity index is 701. The van der Waals surface area contributed by atoms with Gasteiger partial charge in [-0.3, -0.25) is 14.9 Å². The van der Waals surface area contributed by atoms with E-state index in [1.165, 1.54) is 18.2 Å². The molecule has 6 nitrogen and oxygen atoms in total. The van der Waals surface area contributed by atoms with Gasteiger partial charge in [0.05, 0.1) is 29.3 Å². The fraction of sp³-hybridized carbons (Fsp3) is 0.133. The molecule has 0 saturated carbocycles. The molecule has 7 heteroatoms. The van der Waals surface area contributed by atoms with Crippen LogP contribution in [0.1, 0.15) is 10.4 Å². The number of methoxy groups -OCH3 is 1. The maximum atomic E-state index is 12.0. The largest absolute Gasteiger partial charge is 0.497 e. The van der Waals surface area contributed by atoms with Crippen LogP contribution in [0.4, 0.5) is 11.4 Å². The maximum Gasteiger partial charge on any atom is 0.271 e. The third-order valence-corrected chi connectivity index (χ3v) is 3.33. The predicted octanol–water partition coefficient (Wildman–Crippen LogP) is 3.55. The van der Waals surface area contributed by atoms with Crippen molar-refractivity contribution in [3.63, 3.8) is 0 Å². The first-order valence-corrected chi connectivity index (χ1v) is 6.74. The topological polar surface area (TPSA) is 81.5 Å². The van der Waals surface area contributed by atoms with E-state index in [4.69, 9.17) is 16.3 Å². The molecule has 0 radical (unpaired) electrons. The number of nitrogens with one attached hydrogen (secondary N) is 1. The molecule has 1 N–H and O–H groups in total. The summed E-state index contributed by atoms with van der Waals surface area (Å²) in [5.41, 5.74) is 0.900. The summed E-state index contributed by atoms with van der Waals surface area (Å²) in [7, 11) is 1.55. The van der Waals surface area contributed by atoms with Crippen molar-refractivity contribution in [1.82, 2.24) is 0 Å². The van der Waals surface area contributed by atoms with Crippen molar-refractivity contribution < 1.29 is 14.5 Å². The first-order chi connectivity index (χ1) is 10.5. The molecule has 0 amide bonds. The fourth-order valence-electron chi connectivity index (χ4n) is 1.82. The van der Waals surface area contributed by atoms with Crippen LogP contribution in [-0.4, -0.2) is 24.4 Å². The van der Waals surface area contributed by atoms with Crippen LogP contribution in [0, 0.1) is 10.1 Å². The van der Waals surface area contributed by atoms with Gasteiger partial charge in [0.1, 0.15) is 5.75 Å².